The average Bonchev–Trinajstić information content (AvgIpc) is 2.44. The van der Waals surface area contributed by atoms with E-state index in [0.717, 1.165) is 38.0 Å². The van der Waals surface area contributed by atoms with E-state index in [1.54, 1.807) is 0 Å². The first-order valence-electron chi connectivity index (χ1n) is 8.77. The highest BCUT2D eigenvalue weighted by Gasteiger charge is 2.16. The molecule has 0 bridgehead atoms. The molecule has 0 aromatic heterocycles. The molecule has 0 radical (unpaired) electrons. The van der Waals surface area contributed by atoms with E-state index < -0.39 is 0 Å². The molecule has 0 fully saturated rings. The van der Waals surface area contributed by atoms with Gasteiger partial charge in [0.05, 0.1) is 6.61 Å². The van der Waals surface area contributed by atoms with Crippen LogP contribution in [0.5, 0.6) is 5.75 Å². The molecule has 2 heteroatoms. The van der Waals surface area contributed by atoms with Gasteiger partial charge in [0.25, 0.3) is 0 Å². The standard InChI is InChI=1S/C20H35NO/c1-7-13-22-19-12-11-17(20(4,5)6)14-16(19)9-8-10-18(21)15(2)3/h11-12,14-15,18H,7-10,13,21H2,1-6H3. The molecule has 0 aliphatic carbocycles. The van der Waals surface area contributed by atoms with Gasteiger partial charge in [0.15, 0.2) is 0 Å². The Morgan fingerprint density at radius 3 is 2.41 bits per heavy atom. The molecular weight excluding hydrogens is 270 g/mol. The molecule has 0 saturated heterocycles. The van der Waals surface area contributed by atoms with Crippen LogP contribution in [0.25, 0.3) is 0 Å². The Kier molecular flexibility index (Phi) is 7.41. The SMILES string of the molecule is CCCOc1ccc(C(C)(C)C)cc1CCCC(N)C(C)C. The smallest absolute Gasteiger partial charge is 0.122 e. The van der Waals surface area contributed by atoms with E-state index in [2.05, 4.69) is 59.7 Å². The second kappa shape index (κ2) is 8.57. The summed E-state index contributed by atoms with van der Waals surface area (Å²) in [6.45, 7) is 14.1. The van der Waals surface area contributed by atoms with Crippen molar-refractivity contribution in [1.29, 1.82) is 0 Å². The van der Waals surface area contributed by atoms with E-state index in [-0.39, 0.29) is 5.41 Å². The first kappa shape index (κ1) is 19.0. The minimum atomic E-state index is 0.173. The number of hydrogen-bond donors (Lipinski definition) is 1. The predicted molar refractivity (Wildman–Crippen MR) is 96.7 cm³/mol. The van der Waals surface area contributed by atoms with Gasteiger partial charge < -0.3 is 10.5 Å². The molecule has 0 spiro atoms. The Morgan fingerprint density at radius 2 is 1.86 bits per heavy atom. The molecule has 1 aromatic carbocycles. The van der Waals surface area contributed by atoms with E-state index in [9.17, 15) is 0 Å². The summed E-state index contributed by atoms with van der Waals surface area (Å²) in [6.07, 6.45) is 4.28. The van der Waals surface area contributed by atoms with Gasteiger partial charge in [0.1, 0.15) is 5.75 Å². The summed E-state index contributed by atoms with van der Waals surface area (Å²) in [5.74, 6) is 1.60. The summed E-state index contributed by atoms with van der Waals surface area (Å²) in [7, 11) is 0. The number of nitrogens with two attached hydrogens (primary N) is 1. The summed E-state index contributed by atoms with van der Waals surface area (Å²) in [4.78, 5) is 0. The topological polar surface area (TPSA) is 35.2 Å². The van der Waals surface area contributed by atoms with Crippen LogP contribution in [-0.2, 0) is 11.8 Å². The monoisotopic (exact) mass is 305 g/mol. The van der Waals surface area contributed by atoms with Crippen LogP contribution in [-0.4, -0.2) is 12.6 Å². The largest absolute Gasteiger partial charge is 0.493 e. The molecule has 22 heavy (non-hydrogen) atoms. The van der Waals surface area contributed by atoms with E-state index in [1.165, 1.54) is 11.1 Å². The Balaban J connectivity index is 2.82. The summed E-state index contributed by atoms with van der Waals surface area (Å²) in [5, 5.41) is 0. The van der Waals surface area contributed by atoms with Crippen LogP contribution in [0.4, 0.5) is 0 Å². The van der Waals surface area contributed by atoms with Crippen LogP contribution in [0.1, 0.15) is 71.9 Å². The average molecular weight is 306 g/mol. The molecule has 0 aliphatic heterocycles. The Hall–Kier alpha value is -1.02. The van der Waals surface area contributed by atoms with Crippen molar-refractivity contribution in [1.82, 2.24) is 0 Å². The van der Waals surface area contributed by atoms with Crippen LogP contribution < -0.4 is 10.5 Å². The van der Waals surface area contributed by atoms with Crippen molar-refractivity contribution in [2.75, 3.05) is 6.61 Å². The fraction of sp³-hybridized carbons (Fsp3) is 0.700. The van der Waals surface area contributed by atoms with Crippen LogP contribution in [0, 0.1) is 5.92 Å². The van der Waals surface area contributed by atoms with E-state index in [1.807, 2.05) is 0 Å². The molecule has 2 N–H and O–H groups in total. The van der Waals surface area contributed by atoms with E-state index in [4.69, 9.17) is 10.5 Å². The lowest BCUT2D eigenvalue weighted by Gasteiger charge is -2.22. The van der Waals surface area contributed by atoms with Crippen molar-refractivity contribution in [3.05, 3.63) is 29.3 Å². The highest BCUT2D eigenvalue weighted by molar-refractivity contribution is 5.39. The Bertz CT molecular complexity index is 446. The first-order valence-corrected chi connectivity index (χ1v) is 8.77. The molecule has 1 rings (SSSR count). The van der Waals surface area contributed by atoms with Crippen molar-refractivity contribution in [2.45, 2.75) is 78.7 Å². The quantitative estimate of drug-likeness (QED) is 0.727. The maximum atomic E-state index is 6.17. The van der Waals surface area contributed by atoms with Crippen molar-refractivity contribution in [2.24, 2.45) is 11.7 Å². The Morgan fingerprint density at radius 1 is 1.18 bits per heavy atom. The van der Waals surface area contributed by atoms with Gasteiger partial charge in [-0.1, -0.05) is 53.7 Å². The lowest BCUT2D eigenvalue weighted by atomic mass is 9.85. The fourth-order valence-corrected chi connectivity index (χ4v) is 2.46. The molecule has 126 valence electrons. The van der Waals surface area contributed by atoms with Gasteiger partial charge in [0.2, 0.25) is 0 Å². The molecule has 2 nitrogen and oxygen atoms in total. The van der Waals surface area contributed by atoms with Gasteiger partial charge in [-0.05, 0) is 54.2 Å². The first-order chi connectivity index (χ1) is 10.3. The normalized spacial score (nSPS) is 13.5. The predicted octanol–water partition coefficient (Wildman–Crippen LogP) is 5.08. The third-order valence-electron chi connectivity index (χ3n) is 4.23. The zero-order valence-electron chi connectivity index (χ0n) is 15.4. The maximum Gasteiger partial charge on any atom is 0.122 e. The fourth-order valence-electron chi connectivity index (χ4n) is 2.46. The van der Waals surface area contributed by atoms with Crippen LogP contribution in [0.15, 0.2) is 18.2 Å². The molecule has 1 unspecified atom stereocenters. The second-order valence-electron chi connectivity index (χ2n) is 7.72. The molecule has 0 saturated carbocycles. The van der Waals surface area contributed by atoms with Gasteiger partial charge in [0, 0.05) is 6.04 Å². The van der Waals surface area contributed by atoms with Crippen molar-refractivity contribution in [3.8, 4) is 5.75 Å². The molecule has 0 heterocycles. The van der Waals surface area contributed by atoms with Gasteiger partial charge in [-0.2, -0.15) is 0 Å². The third kappa shape index (κ3) is 6.00. The lowest BCUT2D eigenvalue weighted by Crippen LogP contribution is -2.26. The summed E-state index contributed by atoms with van der Waals surface area (Å²) in [6, 6.07) is 6.97. The summed E-state index contributed by atoms with van der Waals surface area (Å²) in [5.41, 5.74) is 9.04. The zero-order valence-corrected chi connectivity index (χ0v) is 15.4. The molecule has 0 amide bonds. The minimum Gasteiger partial charge on any atom is -0.493 e. The number of benzene rings is 1. The Labute approximate surface area is 137 Å². The third-order valence-corrected chi connectivity index (χ3v) is 4.23. The summed E-state index contributed by atoms with van der Waals surface area (Å²) >= 11 is 0. The second-order valence-corrected chi connectivity index (χ2v) is 7.72. The summed E-state index contributed by atoms with van der Waals surface area (Å²) < 4.78 is 5.93. The number of rotatable bonds is 8. The minimum absolute atomic E-state index is 0.173. The van der Waals surface area contributed by atoms with Crippen molar-refractivity contribution < 1.29 is 4.74 Å². The van der Waals surface area contributed by atoms with Gasteiger partial charge in [-0.15, -0.1) is 0 Å². The lowest BCUT2D eigenvalue weighted by molar-refractivity contribution is 0.313. The van der Waals surface area contributed by atoms with Crippen molar-refractivity contribution >= 4 is 0 Å². The van der Waals surface area contributed by atoms with E-state index in [0.29, 0.717) is 12.0 Å². The number of hydrogen-bond acceptors (Lipinski definition) is 2. The van der Waals surface area contributed by atoms with Gasteiger partial charge >= 0.3 is 0 Å². The number of aryl methyl sites for hydroxylation is 1. The van der Waals surface area contributed by atoms with Crippen molar-refractivity contribution in [3.63, 3.8) is 0 Å². The maximum absolute atomic E-state index is 6.17. The van der Waals surface area contributed by atoms with Crippen LogP contribution in [0.2, 0.25) is 0 Å². The van der Waals surface area contributed by atoms with Crippen LogP contribution >= 0.6 is 0 Å². The molecule has 1 aromatic rings. The van der Waals surface area contributed by atoms with Gasteiger partial charge in [-0.3, -0.25) is 0 Å². The van der Waals surface area contributed by atoms with E-state index >= 15 is 0 Å². The highest BCUT2D eigenvalue weighted by Crippen LogP contribution is 2.29. The van der Waals surface area contributed by atoms with Crippen LogP contribution in [0.3, 0.4) is 0 Å². The molecule has 1 atom stereocenters. The molecule has 0 aliphatic rings. The molecular formula is C20H35NO. The zero-order chi connectivity index (χ0) is 16.8. The number of ether oxygens (including phenoxy) is 1. The van der Waals surface area contributed by atoms with Gasteiger partial charge in [-0.25, -0.2) is 0 Å². The highest BCUT2D eigenvalue weighted by atomic mass is 16.5.